The van der Waals surface area contributed by atoms with E-state index in [1.165, 1.54) is 77.0 Å². The topological polar surface area (TPSA) is 49.7 Å². The van der Waals surface area contributed by atoms with Gasteiger partial charge in [-0.1, -0.05) is 104 Å². The molecule has 180 valence electrons. The maximum Gasteiger partial charge on any atom is 0.161 e. The molecule has 0 fully saturated rings. The molecule has 31 heavy (non-hydrogen) atoms. The molecule has 0 saturated heterocycles. The van der Waals surface area contributed by atoms with Crippen molar-refractivity contribution in [1.82, 2.24) is 0 Å². The summed E-state index contributed by atoms with van der Waals surface area (Å²) in [5.41, 5.74) is 2.04. The van der Waals surface area contributed by atoms with E-state index in [0.29, 0.717) is 6.61 Å². The summed E-state index contributed by atoms with van der Waals surface area (Å²) in [5, 5.41) is 20.9. The van der Waals surface area contributed by atoms with Crippen molar-refractivity contribution in [3.63, 3.8) is 0 Å². The molecule has 3 heteroatoms. The van der Waals surface area contributed by atoms with Crippen molar-refractivity contribution in [2.24, 2.45) is 0 Å². The van der Waals surface area contributed by atoms with Crippen LogP contribution in [0.2, 0.25) is 0 Å². The van der Waals surface area contributed by atoms with Crippen LogP contribution in [0.25, 0.3) is 0 Å². The minimum Gasteiger partial charge on any atom is -0.504 e. The second-order valence-corrected chi connectivity index (χ2v) is 9.14. The molecular formula is C28H50O3. The zero-order chi connectivity index (χ0) is 22.7. The molecule has 0 spiro atoms. The Bertz CT molecular complexity index is 568. The van der Waals surface area contributed by atoms with E-state index in [-0.39, 0.29) is 11.5 Å². The molecule has 0 heterocycles. The van der Waals surface area contributed by atoms with Crippen molar-refractivity contribution < 1.29 is 14.9 Å². The number of benzene rings is 1. The Hall–Kier alpha value is -1.38. The highest BCUT2D eigenvalue weighted by atomic mass is 16.5. The Morgan fingerprint density at radius 1 is 0.581 bits per heavy atom. The zero-order valence-electron chi connectivity index (χ0n) is 20.8. The van der Waals surface area contributed by atoms with E-state index in [0.717, 1.165) is 55.4 Å². The van der Waals surface area contributed by atoms with Gasteiger partial charge in [-0.2, -0.15) is 0 Å². The van der Waals surface area contributed by atoms with Gasteiger partial charge in [0.2, 0.25) is 0 Å². The zero-order valence-corrected chi connectivity index (χ0v) is 20.8. The Kier molecular flexibility index (Phi) is 16.3. The predicted molar refractivity (Wildman–Crippen MR) is 134 cm³/mol. The van der Waals surface area contributed by atoms with E-state index < -0.39 is 0 Å². The van der Waals surface area contributed by atoms with Crippen LogP contribution in [0.1, 0.15) is 135 Å². The van der Waals surface area contributed by atoms with E-state index in [2.05, 4.69) is 20.8 Å². The molecule has 3 nitrogen and oxygen atoms in total. The maximum absolute atomic E-state index is 10.6. The average molecular weight is 435 g/mol. The van der Waals surface area contributed by atoms with Crippen LogP contribution in [0, 0.1) is 0 Å². The van der Waals surface area contributed by atoms with Gasteiger partial charge in [-0.15, -0.1) is 0 Å². The Morgan fingerprint density at radius 3 is 1.58 bits per heavy atom. The number of unbranched alkanes of at least 4 members (excludes halogenated alkanes) is 13. The molecule has 1 rings (SSSR count). The Morgan fingerprint density at radius 2 is 1.03 bits per heavy atom. The number of phenols is 2. The molecule has 0 aromatic heterocycles. The van der Waals surface area contributed by atoms with Gasteiger partial charge in [0.25, 0.3) is 0 Å². The molecule has 0 bridgehead atoms. The monoisotopic (exact) mass is 434 g/mol. The molecule has 0 aliphatic rings. The first-order valence-corrected chi connectivity index (χ1v) is 13.3. The average Bonchev–Trinajstić information content (AvgIpc) is 2.77. The number of rotatable bonds is 20. The lowest BCUT2D eigenvalue weighted by Crippen LogP contribution is -2.05. The van der Waals surface area contributed by atoms with Gasteiger partial charge in [0.05, 0.1) is 6.61 Å². The van der Waals surface area contributed by atoms with Gasteiger partial charge in [0.1, 0.15) is 5.75 Å². The van der Waals surface area contributed by atoms with Gasteiger partial charge in [-0.05, 0) is 32.1 Å². The summed E-state index contributed by atoms with van der Waals surface area (Å²) in [6.45, 7) is 7.38. The summed E-state index contributed by atoms with van der Waals surface area (Å²) >= 11 is 0. The van der Waals surface area contributed by atoms with E-state index in [9.17, 15) is 10.2 Å². The minimum absolute atomic E-state index is 0.0336. The van der Waals surface area contributed by atoms with Crippen molar-refractivity contribution in [1.29, 1.82) is 0 Å². The highest BCUT2D eigenvalue weighted by Gasteiger charge is 2.18. The van der Waals surface area contributed by atoms with Gasteiger partial charge in [0.15, 0.2) is 11.5 Å². The number of hydrogen-bond donors (Lipinski definition) is 2. The first-order chi connectivity index (χ1) is 15.2. The summed E-state index contributed by atoms with van der Waals surface area (Å²) in [4.78, 5) is 0. The number of hydrogen-bond acceptors (Lipinski definition) is 3. The normalized spacial score (nSPS) is 11.2. The lowest BCUT2D eigenvalue weighted by molar-refractivity contribution is 0.296. The molecule has 0 unspecified atom stereocenters. The van der Waals surface area contributed by atoms with Gasteiger partial charge in [-0.3, -0.25) is 0 Å². The lowest BCUT2D eigenvalue weighted by atomic mass is 9.94. The molecular weight excluding hydrogens is 384 g/mol. The van der Waals surface area contributed by atoms with Crippen LogP contribution < -0.4 is 4.74 Å². The van der Waals surface area contributed by atoms with E-state index in [1.807, 2.05) is 0 Å². The van der Waals surface area contributed by atoms with Crippen LogP contribution in [0.5, 0.6) is 17.2 Å². The predicted octanol–water partition coefficient (Wildman–Crippen LogP) is 8.86. The van der Waals surface area contributed by atoms with Crippen LogP contribution in [0.15, 0.2) is 6.07 Å². The van der Waals surface area contributed by atoms with Gasteiger partial charge >= 0.3 is 0 Å². The highest BCUT2D eigenvalue weighted by molar-refractivity contribution is 5.56. The summed E-state index contributed by atoms with van der Waals surface area (Å²) in [6.07, 6.45) is 21.3. The fourth-order valence-corrected chi connectivity index (χ4v) is 4.27. The molecule has 0 aliphatic heterocycles. The van der Waals surface area contributed by atoms with Crippen molar-refractivity contribution in [3.05, 3.63) is 17.2 Å². The summed E-state index contributed by atoms with van der Waals surface area (Å²) in [5.74, 6) is 0.829. The second kappa shape index (κ2) is 18.2. The summed E-state index contributed by atoms with van der Waals surface area (Å²) in [7, 11) is 0. The van der Waals surface area contributed by atoms with Gasteiger partial charge < -0.3 is 14.9 Å². The molecule has 0 atom stereocenters. The van der Waals surface area contributed by atoms with Crippen molar-refractivity contribution >= 4 is 0 Å². The molecule has 1 aromatic carbocycles. The smallest absolute Gasteiger partial charge is 0.161 e. The third-order valence-corrected chi connectivity index (χ3v) is 6.27. The quantitative estimate of drug-likeness (QED) is 0.159. The fourth-order valence-electron chi connectivity index (χ4n) is 4.27. The summed E-state index contributed by atoms with van der Waals surface area (Å²) < 4.78 is 6.17. The maximum atomic E-state index is 10.6. The minimum atomic E-state index is -0.0336. The number of aromatic hydroxyl groups is 2. The van der Waals surface area contributed by atoms with Gasteiger partial charge in [-0.25, -0.2) is 0 Å². The molecule has 1 aromatic rings. The molecule has 0 amide bonds. The summed E-state index contributed by atoms with van der Waals surface area (Å²) in [6, 6.07) is 1.64. The molecule has 0 saturated carbocycles. The van der Waals surface area contributed by atoms with Crippen LogP contribution >= 0.6 is 0 Å². The molecule has 0 radical (unpaired) electrons. The van der Waals surface area contributed by atoms with Crippen molar-refractivity contribution in [2.75, 3.05) is 6.61 Å². The standard InChI is InChI=1S/C28H50O3/c1-4-7-10-13-14-15-16-19-22-31-27-23-26(29)28(30)25(21-18-12-9-6-3)24(27)20-17-11-8-5-2/h23,29-30H,4-22H2,1-3H3. The molecule has 0 aliphatic carbocycles. The third-order valence-electron chi connectivity index (χ3n) is 6.27. The van der Waals surface area contributed by atoms with Crippen molar-refractivity contribution in [3.8, 4) is 17.2 Å². The van der Waals surface area contributed by atoms with Crippen LogP contribution in [-0.4, -0.2) is 16.8 Å². The SMILES string of the molecule is CCCCCCCCCCOc1cc(O)c(O)c(CCCCCC)c1CCCCCC. The number of phenolic OH excluding ortho intramolecular Hbond substituents is 2. The van der Waals surface area contributed by atoms with Crippen LogP contribution in [-0.2, 0) is 12.8 Å². The first kappa shape index (κ1) is 27.7. The van der Waals surface area contributed by atoms with Crippen LogP contribution in [0.4, 0.5) is 0 Å². The van der Waals surface area contributed by atoms with Gasteiger partial charge in [0, 0.05) is 17.2 Å². The number of ether oxygens (including phenoxy) is 1. The fraction of sp³-hybridized carbons (Fsp3) is 0.786. The first-order valence-electron chi connectivity index (χ1n) is 13.3. The Labute approximate surface area is 192 Å². The lowest BCUT2D eigenvalue weighted by Gasteiger charge is -2.18. The highest BCUT2D eigenvalue weighted by Crippen LogP contribution is 2.40. The van der Waals surface area contributed by atoms with E-state index >= 15 is 0 Å². The Balaban J connectivity index is 2.68. The van der Waals surface area contributed by atoms with E-state index in [1.54, 1.807) is 6.07 Å². The second-order valence-electron chi connectivity index (χ2n) is 9.14. The van der Waals surface area contributed by atoms with Crippen LogP contribution in [0.3, 0.4) is 0 Å². The third kappa shape index (κ3) is 11.7. The van der Waals surface area contributed by atoms with E-state index in [4.69, 9.17) is 4.74 Å². The van der Waals surface area contributed by atoms with Crippen molar-refractivity contribution in [2.45, 2.75) is 136 Å². The molecule has 2 N–H and O–H groups in total. The largest absolute Gasteiger partial charge is 0.504 e.